The van der Waals surface area contributed by atoms with Crippen molar-refractivity contribution in [2.24, 2.45) is 0 Å². The Labute approximate surface area is 132 Å². The van der Waals surface area contributed by atoms with Gasteiger partial charge in [-0.15, -0.1) is 0 Å². The van der Waals surface area contributed by atoms with E-state index in [4.69, 9.17) is 4.74 Å². The van der Waals surface area contributed by atoms with E-state index in [1.807, 2.05) is 0 Å². The predicted molar refractivity (Wildman–Crippen MR) is 79.0 cm³/mol. The highest BCUT2D eigenvalue weighted by Crippen LogP contribution is 2.25. The molecule has 1 aromatic rings. The SMILES string of the molecule is CC(C)(C)OC(=O)NCC1(c2ccc(F)cc2)NC(=O)NC1=O. The molecule has 7 nitrogen and oxygen atoms in total. The molecule has 1 aromatic carbocycles. The van der Waals surface area contributed by atoms with E-state index in [1.165, 1.54) is 24.3 Å². The molecule has 1 atom stereocenters. The third kappa shape index (κ3) is 3.77. The first-order valence-electron chi connectivity index (χ1n) is 6.99. The number of ether oxygens (including phenoxy) is 1. The van der Waals surface area contributed by atoms with Gasteiger partial charge in [-0.1, -0.05) is 12.1 Å². The van der Waals surface area contributed by atoms with E-state index in [2.05, 4.69) is 16.0 Å². The Balaban J connectivity index is 2.22. The van der Waals surface area contributed by atoms with Gasteiger partial charge in [-0.3, -0.25) is 10.1 Å². The summed E-state index contributed by atoms with van der Waals surface area (Å²) in [7, 11) is 0. The molecule has 1 unspecified atom stereocenters. The van der Waals surface area contributed by atoms with Crippen LogP contribution < -0.4 is 16.0 Å². The lowest BCUT2D eigenvalue weighted by Gasteiger charge is -2.28. The van der Waals surface area contributed by atoms with Crippen molar-refractivity contribution in [2.45, 2.75) is 31.9 Å². The van der Waals surface area contributed by atoms with Gasteiger partial charge in [0, 0.05) is 0 Å². The first-order chi connectivity index (χ1) is 10.6. The van der Waals surface area contributed by atoms with Gasteiger partial charge in [-0.05, 0) is 38.5 Å². The summed E-state index contributed by atoms with van der Waals surface area (Å²) in [6, 6.07) is 4.39. The summed E-state index contributed by atoms with van der Waals surface area (Å²) in [5.74, 6) is -1.11. The largest absolute Gasteiger partial charge is 0.444 e. The molecule has 1 aliphatic heterocycles. The molecule has 0 aliphatic carbocycles. The third-order valence-corrected chi connectivity index (χ3v) is 3.18. The van der Waals surface area contributed by atoms with Gasteiger partial charge in [-0.25, -0.2) is 14.0 Å². The first kappa shape index (κ1) is 16.7. The third-order valence-electron chi connectivity index (χ3n) is 3.18. The van der Waals surface area contributed by atoms with Gasteiger partial charge in [-0.2, -0.15) is 0 Å². The second-order valence-electron chi connectivity index (χ2n) is 6.18. The molecule has 0 bridgehead atoms. The van der Waals surface area contributed by atoms with Gasteiger partial charge in [0.15, 0.2) is 5.54 Å². The Kier molecular flexibility index (Phi) is 4.26. The monoisotopic (exact) mass is 323 g/mol. The van der Waals surface area contributed by atoms with Crippen molar-refractivity contribution >= 4 is 18.0 Å². The van der Waals surface area contributed by atoms with Crippen LogP contribution in [0.3, 0.4) is 0 Å². The van der Waals surface area contributed by atoms with E-state index in [-0.39, 0.29) is 6.54 Å². The van der Waals surface area contributed by atoms with Crippen molar-refractivity contribution in [2.75, 3.05) is 6.54 Å². The fourth-order valence-electron chi connectivity index (χ4n) is 2.17. The van der Waals surface area contributed by atoms with Crippen LogP contribution in [-0.4, -0.2) is 30.2 Å². The molecule has 3 N–H and O–H groups in total. The van der Waals surface area contributed by atoms with Gasteiger partial charge in [0.25, 0.3) is 5.91 Å². The second kappa shape index (κ2) is 5.86. The highest BCUT2D eigenvalue weighted by Gasteiger charge is 2.48. The Morgan fingerprint density at radius 3 is 2.35 bits per heavy atom. The summed E-state index contributed by atoms with van der Waals surface area (Å²) >= 11 is 0. The van der Waals surface area contributed by atoms with Crippen molar-refractivity contribution in [1.82, 2.24) is 16.0 Å². The molecule has 4 amide bonds. The van der Waals surface area contributed by atoms with Crippen LogP contribution in [0.15, 0.2) is 24.3 Å². The fraction of sp³-hybridized carbons (Fsp3) is 0.400. The quantitative estimate of drug-likeness (QED) is 0.732. The molecule has 0 saturated carbocycles. The highest BCUT2D eigenvalue weighted by atomic mass is 19.1. The minimum absolute atomic E-state index is 0.231. The average Bonchev–Trinajstić information content (AvgIpc) is 2.71. The Bertz CT molecular complexity index is 639. The van der Waals surface area contributed by atoms with E-state index >= 15 is 0 Å². The molecule has 1 aliphatic rings. The van der Waals surface area contributed by atoms with Crippen molar-refractivity contribution in [3.05, 3.63) is 35.6 Å². The predicted octanol–water partition coefficient (Wildman–Crippen LogP) is 1.39. The minimum Gasteiger partial charge on any atom is -0.444 e. The molecular weight excluding hydrogens is 305 g/mol. The number of benzene rings is 1. The van der Waals surface area contributed by atoms with E-state index in [0.717, 1.165) is 0 Å². The molecule has 1 fully saturated rings. The molecule has 1 heterocycles. The van der Waals surface area contributed by atoms with E-state index in [9.17, 15) is 18.8 Å². The van der Waals surface area contributed by atoms with Crippen LogP contribution in [-0.2, 0) is 15.1 Å². The molecule has 8 heteroatoms. The summed E-state index contributed by atoms with van der Waals surface area (Å²) in [5, 5.41) is 7.05. The lowest BCUT2D eigenvalue weighted by Crippen LogP contribution is -2.53. The summed E-state index contributed by atoms with van der Waals surface area (Å²) in [5.41, 5.74) is -1.87. The maximum Gasteiger partial charge on any atom is 0.407 e. The van der Waals surface area contributed by atoms with Crippen LogP contribution in [0, 0.1) is 5.82 Å². The van der Waals surface area contributed by atoms with Crippen LogP contribution in [0.25, 0.3) is 0 Å². The van der Waals surface area contributed by atoms with Crippen LogP contribution in [0.4, 0.5) is 14.0 Å². The Morgan fingerprint density at radius 2 is 1.87 bits per heavy atom. The summed E-state index contributed by atoms with van der Waals surface area (Å²) in [6.07, 6.45) is -0.729. The number of carbonyl (C=O) groups is 3. The van der Waals surface area contributed by atoms with Crippen molar-refractivity contribution < 1.29 is 23.5 Å². The standard InChI is InChI=1S/C15H18FN3O4/c1-14(2,3)23-13(22)17-8-15(11(20)18-12(21)19-15)9-4-6-10(16)7-5-9/h4-7H,8H2,1-3H3,(H,17,22)(H2,18,19,20,21). The minimum atomic E-state index is -1.51. The lowest BCUT2D eigenvalue weighted by atomic mass is 9.90. The first-order valence-corrected chi connectivity index (χ1v) is 6.99. The molecule has 0 aromatic heterocycles. The number of hydrogen-bond acceptors (Lipinski definition) is 4. The number of carbonyl (C=O) groups excluding carboxylic acids is 3. The number of hydrogen-bond donors (Lipinski definition) is 3. The maximum atomic E-state index is 13.1. The van der Waals surface area contributed by atoms with Gasteiger partial charge >= 0.3 is 12.1 Å². The molecule has 0 radical (unpaired) electrons. The highest BCUT2D eigenvalue weighted by molar-refractivity contribution is 6.07. The van der Waals surface area contributed by atoms with Crippen LogP contribution in [0.1, 0.15) is 26.3 Å². The van der Waals surface area contributed by atoms with Crippen LogP contribution >= 0.6 is 0 Å². The van der Waals surface area contributed by atoms with Crippen LogP contribution in [0.2, 0.25) is 0 Å². The number of amides is 4. The topological polar surface area (TPSA) is 96.5 Å². The Hall–Kier alpha value is -2.64. The molecule has 2 rings (SSSR count). The number of halogens is 1. The van der Waals surface area contributed by atoms with Gasteiger partial charge in [0.1, 0.15) is 11.4 Å². The van der Waals surface area contributed by atoms with Gasteiger partial charge < -0.3 is 15.4 Å². The van der Waals surface area contributed by atoms with Crippen molar-refractivity contribution in [3.8, 4) is 0 Å². The maximum absolute atomic E-state index is 13.1. The molecule has 0 spiro atoms. The number of alkyl carbamates (subject to hydrolysis) is 1. The normalized spacial score (nSPS) is 20.7. The molecular formula is C15H18FN3O4. The van der Waals surface area contributed by atoms with Gasteiger partial charge in [0.05, 0.1) is 6.54 Å². The fourth-order valence-corrected chi connectivity index (χ4v) is 2.17. The number of urea groups is 1. The number of imide groups is 1. The zero-order valence-corrected chi connectivity index (χ0v) is 13.0. The molecule has 1 saturated heterocycles. The summed E-state index contributed by atoms with van der Waals surface area (Å²) < 4.78 is 18.2. The summed E-state index contributed by atoms with van der Waals surface area (Å²) in [4.78, 5) is 35.5. The van der Waals surface area contributed by atoms with Crippen molar-refractivity contribution in [3.63, 3.8) is 0 Å². The van der Waals surface area contributed by atoms with Crippen LogP contribution in [0.5, 0.6) is 0 Å². The zero-order valence-electron chi connectivity index (χ0n) is 13.0. The van der Waals surface area contributed by atoms with E-state index < -0.39 is 35.0 Å². The van der Waals surface area contributed by atoms with Gasteiger partial charge in [0.2, 0.25) is 0 Å². The van der Waals surface area contributed by atoms with E-state index in [1.54, 1.807) is 20.8 Å². The van der Waals surface area contributed by atoms with Crippen molar-refractivity contribution in [1.29, 1.82) is 0 Å². The second-order valence-corrected chi connectivity index (χ2v) is 6.18. The number of nitrogens with one attached hydrogen (secondary N) is 3. The lowest BCUT2D eigenvalue weighted by molar-refractivity contribution is -0.124. The Morgan fingerprint density at radius 1 is 1.26 bits per heavy atom. The van der Waals surface area contributed by atoms with E-state index in [0.29, 0.717) is 5.56 Å². The molecule has 124 valence electrons. The average molecular weight is 323 g/mol. The summed E-state index contributed by atoms with van der Waals surface area (Å²) in [6.45, 7) is 4.87. The molecule has 23 heavy (non-hydrogen) atoms. The zero-order chi connectivity index (χ0) is 17.3. The number of rotatable bonds is 3. The smallest absolute Gasteiger partial charge is 0.407 e.